The van der Waals surface area contributed by atoms with Gasteiger partial charge in [-0.05, 0) is 30.2 Å². The number of rotatable bonds is 4. The van der Waals surface area contributed by atoms with Gasteiger partial charge in [0, 0.05) is 6.07 Å². The van der Waals surface area contributed by atoms with Gasteiger partial charge in [0.2, 0.25) is 5.91 Å². The summed E-state index contributed by atoms with van der Waals surface area (Å²) in [4.78, 5) is 12.0. The molecule has 2 heterocycles. The first-order valence-corrected chi connectivity index (χ1v) is 6.80. The zero-order chi connectivity index (χ0) is 13.9. The number of carbonyl (C=O) groups is 1. The van der Waals surface area contributed by atoms with Crippen molar-refractivity contribution in [3.63, 3.8) is 0 Å². The van der Waals surface area contributed by atoms with Gasteiger partial charge in [0.25, 0.3) is 0 Å². The number of nitrogens with zero attached hydrogens (tertiary/aromatic N) is 6. The molecule has 106 valence electrons. The third-order valence-electron chi connectivity index (χ3n) is 3.61. The van der Waals surface area contributed by atoms with E-state index >= 15 is 0 Å². The van der Waals surface area contributed by atoms with Gasteiger partial charge in [-0.2, -0.15) is 5.10 Å². The minimum atomic E-state index is -0.153. The van der Waals surface area contributed by atoms with E-state index in [4.69, 9.17) is 0 Å². The van der Waals surface area contributed by atoms with Gasteiger partial charge in [0.05, 0.1) is 12.2 Å². The lowest BCUT2D eigenvalue weighted by Gasteiger charge is -2.14. The van der Waals surface area contributed by atoms with Crippen molar-refractivity contribution in [2.24, 2.45) is 0 Å². The van der Waals surface area contributed by atoms with Crippen LogP contribution in [0, 0.1) is 6.92 Å². The monoisotopic (exact) mass is 275 g/mol. The molecule has 0 aromatic carbocycles. The lowest BCUT2D eigenvalue weighted by Crippen LogP contribution is -2.23. The molecule has 2 aromatic rings. The Bertz CT molecular complexity index is 596. The second-order valence-corrected chi connectivity index (χ2v) is 5.03. The maximum absolute atomic E-state index is 12.0. The second kappa shape index (κ2) is 5.40. The molecule has 1 N–H and O–H groups in total. The highest BCUT2D eigenvalue weighted by molar-refractivity contribution is 5.89. The number of hydrogen-bond donors (Lipinski definition) is 1. The molecular weight excluding hydrogens is 258 g/mol. The number of hydrogen-bond acceptors (Lipinski definition) is 5. The van der Waals surface area contributed by atoms with Crippen LogP contribution in [0.5, 0.6) is 0 Å². The fourth-order valence-electron chi connectivity index (χ4n) is 2.57. The minimum absolute atomic E-state index is 0.106. The minimum Gasteiger partial charge on any atom is -0.309 e. The molecule has 0 unspecified atom stereocenters. The van der Waals surface area contributed by atoms with Crippen LogP contribution in [-0.4, -0.2) is 35.9 Å². The van der Waals surface area contributed by atoms with E-state index in [0.717, 1.165) is 18.7 Å². The molecule has 1 fully saturated rings. The number of nitrogens with one attached hydrogen (secondary N) is 1. The SMILES string of the molecule is Cc1nnnn1CC(=O)Nc1ccnn1C1CCCC1. The zero-order valence-electron chi connectivity index (χ0n) is 11.4. The molecule has 1 saturated carbocycles. The van der Waals surface area contributed by atoms with Gasteiger partial charge in [-0.25, -0.2) is 9.36 Å². The summed E-state index contributed by atoms with van der Waals surface area (Å²) in [6, 6.07) is 2.22. The van der Waals surface area contributed by atoms with Crippen molar-refractivity contribution in [2.75, 3.05) is 5.32 Å². The average Bonchev–Trinajstić information content (AvgIpc) is 3.11. The van der Waals surface area contributed by atoms with E-state index in [1.165, 1.54) is 17.5 Å². The molecule has 8 heteroatoms. The van der Waals surface area contributed by atoms with E-state index in [0.29, 0.717) is 11.9 Å². The van der Waals surface area contributed by atoms with Crippen LogP contribution in [0.2, 0.25) is 0 Å². The molecule has 0 spiro atoms. The lowest BCUT2D eigenvalue weighted by atomic mass is 10.2. The Morgan fingerprint density at radius 2 is 2.25 bits per heavy atom. The van der Waals surface area contributed by atoms with Crippen molar-refractivity contribution >= 4 is 11.7 Å². The van der Waals surface area contributed by atoms with E-state index < -0.39 is 0 Å². The normalized spacial score (nSPS) is 15.7. The van der Waals surface area contributed by atoms with Gasteiger partial charge in [-0.15, -0.1) is 5.10 Å². The predicted molar refractivity (Wildman–Crippen MR) is 70.9 cm³/mol. The third-order valence-corrected chi connectivity index (χ3v) is 3.61. The van der Waals surface area contributed by atoms with Gasteiger partial charge < -0.3 is 5.32 Å². The lowest BCUT2D eigenvalue weighted by molar-refractivity contribution is -0.117. The van der Waals surface area contributed by atoms with Crippen molar-refractivity contribution in [1.82, 2.24) is 30.0 Å². The number of aryl methyl sites for hydroxylation is 1. The van der Waals surface area contributed by atoms with E-state index in [9.17, 15) is 4.79 Å². The molecule has 8 nitrogen and oxygen atoms in total. The Labute approximate surface area is 116 Å². The summed E-state index contributed by atoms with van der Waals surface area (Å²) in [6.45, 7) is 1.87. The van der Waals surface area contributed by atoms with Gasteiger partial charge in [-0.1, -0.05) is 12.8 Å². The summed E-state index contributed by atoms with van der Waals surface area (Å²) >= 11 is 0. The van der Waals surface area contributed by atoms with Gasteiger partial charge in [0.15, 0.2) is 0 Å². The maximum Gasteiger partial charge on any atom is 0.247 e. The Morgan fingerprint density at radius 3 is 2.95 bits per heavy atom. The molecule has 1 aliphatic carbocycles. The standard InChI is InChI=1S/C12H17N7O/c1-9-15-16-17-18(9)8-12(20)14-11-6-7-13-19(11)10-4-2-3-5-10/h6-7,10H,2-5,8H2,1H3,(H,14,20). The first-order chi connectivity index (χ1) is 9.74. The molecule has 0 atom stereocenters. The van der Waals surface area contributed by atoms with Crippen LogP contribution in [0.15, 0.2) is 12.3 Å². The van der Waals surface area contributed by atoms with Crippen LogP contribution in [0.4, 0.5) is 5.82 Å². The molecule has 3 rings (SSSR count). The highest BCUT2D eigenvalue weighted by atomic mass is 16.2. The Morgan fingerprint density at radius 1 is 1.45 bits per heavy atom. The first kappa shape index (κ1) is 12.8. The molecule has 1 amide bonds. The quantitative estimate of drug-likeness (QED) is 0.896. The highest BCUT2D eigenvalue weighted by Crippen LogP contribution is 2.31. The number of anilines is 1. The van der Waals surface area contributed by atoms with Crippen molar-refractivity contribution in [3.05, 3.63) is 18.1 Å². The van der Waals surface area contributed by atoms with Crippen LogP contribution >= 0.6 is 0 Å². The average molecular weight is 275 g/mol. The van der Waals surface area contributed by atoms with Crippen molar-refractivity contribution in [1.29, 1.82) is 0 Å². The summed E-state index contributed by atoms with van der Waals surface area (Å²) in [7, 11) is 0. The van der Waals surface area contributed by atoms with Gasteiger partial charge in [0.1, 0.15) is 18.2 Å². The number of tetrazole rings is 1. The largest absolute Gasteiger partial charge is 0.309 e. The second-order valence-electron chi connectivity index (χ2n) is 5.03. The van der Waals surface area contributed by atoms with Crippen molar-refractivity contribution < 1.29 is 4.79 Å². The molecule has 2 aromatic heterocycles. The van der Waals surface area contributed by atoms with Gasteiger partial charge in [-0.3, -0.25) is 4.79 Å². The summed E-state index contributed by atoms with van der Waals surface area (Å²) < 4.78 is 3.38. The van der Waals surface area contributed by atoms with E-state index in [2.05, 4.69) is 25.9 Å². The number of carbonyl (C=O) groups excluding carboxylic acids is 1. The number of amides is 1. The molecule has 20 heavy (non-hydrogen) atoms. The highest BCUT2D eigenvalue weighted by Gasteiger charge is 2.20. The smallest absolute Gasteiger partial charge is 0.247 e. The Balaban J connectivity index is 1.67. The fourth-order valence-corrected chi connectivity index (χ4v) is 2.57. The topological polar surface area (TPSA) is 90.5 Å². The summed E-state index contributed by atoms with van der Waals surface area (Å²) in [5.74, 6) is 1.21. The Hall–Kier alpha value is -2.25. The molecule has 0 radical (unpaired) electrons. The van der Waals surface area contributed by atoms with E-state index in [-0.39, 0.29) is 12.5 Å². The number of aromatic nitrogens is 6. The molecule has 0 saturated heterocycles. The van der Waals surface area contributed by atoms with Crippen LogP contribution in [0.1, 0.15) is 37.5 Å². The third kappa shape index (κ3) is 2.54. The van der Waals surface area contributed by atoms with Crippen molar-refractivity contribution in [3.8, 4) is 0 Å². The van der Waals surface area contributed by atoms with Crippen LogP contribution in [0.3, 0.4) is 0 Å². The van der Waals surface area contributed by atoms with Crippen LogP contribution < -0.4 is 5.32 Å². The molecule has 1 aliphatic rings. The molecule has 0 aliphatic heterocycles. The van der Waals surface area contributed by atoms with E-state index in [1.54, 1.807) is 13.1 Å². The van der Waals surface area contributed by atoms with Crippen LogP contribution in [0.25, 0.3) is 0 Å². The van der Waals surface area contributed by atoms with Gasteiger partial charge >= 0.3 is 0 Å². The fraction of sp³-hybridized carbons (Fsp3) is 0.583. The van der Waals surface area contributed by atoms with Crippen LogP contribution in [-0.2, 0) is 11.3 Å². The molecule has 0 bridgehead atoms. The Kier molecular flexibility index (Phi) is 3.44. The molecular formula is C12H17N7O. The summed E-state index contributed by atoms with van der Waals surface area (Å²) in [5, 5.41) is 18.2. The summed E-state index contributed by atoms with van der Waals surface area (Å²) in [5.41, 5.74) is 0. The first-order valence-electron chi connectivity index (χ1n) is 6.80. The van der Waals surface area contributed by atoms with E-state index in [1.807, 2.05) is 10.7 Å². The maximum atomic E-state index is 12.0. The predicted octanol–water partition coefficient (Wildman–Crippen LogP) is 0.932. The zero-order valence-corrected chi connectivity index (χ0v) is 11.4. The summed E-state index contributed by atoms with van der Waals surface area (Å²) in [6.07, 6.45) is 6.41. The van der Waals surface area contributed by atoms with Crippen molar-refractivity contribution in [2.45, 2.75) is 45.2 Å².